The molecule has 6 aromatic carbocycles. The molecule has 0 spiro atoms. The van der Waals surface area contributed by atoms with Crippen molar-refractivity contribution >= 4 is 17.2 Å². The van der Waals surface area contributed by atoms with E-state index in [0.29, 0.717) is 0 Å². The summed E-state index contributed by atoms with van der Waals surface area (Å²) < 4.78 is 36.5. The highest BCUT2D eigenvalue weighted by Crippen LogP contribution is 2.46. The summed E-state index contributed by atoms with van der Waals surface area (Å²) in [4.78, 5) is 0. The van der Waals surface area contributed by atoms with Crippen molar-refractivity contribution in [2.45, 2.75) is 41.5 Å². The Morgan fingerprint density at radius 1 is 0.240 bits per heavy atom. The van der Waals surface area contributed by atoms with Crippen molar-refractivity contribution in [1.82, 2.24) is 0 Å². The van der Waals surface area contributed by atoms with Crippen molar-refractivity contribution in [3.63, 3.8) is 0 Å². The first kappa shape index (κ1) is 36.3. The molecule has 0 N–H and O–H groups in total. The minimum Gasteiger partial charge on any atom is -0.408 e. The Balaban J connectivity index is 0.000000194. The fourth-order valence-corrected chi connectivity index (χ4v) is 6.96. The monoisotopic (exact) mass is 704 g/mol. The summed E-state index contributed by atoms with van der Waals surface area (Å²) in [5, 5.41) is 0. The van der Waals surface area contributed by atoms with Gasteiger partial charge >= 0.3 is 17.2 Å². The molecule has 0 amide bonds. The van der Waals surface area contributed by atoms with Crippen LogP contribution in [0.2, 0.25) is 0 Å². The van der Waals surface area contributed by atoms with Gasteiger partial charge in [0.2, 0.25) is 0 Å². The molecule has 0 atom stereocenters. The van der Waals surface area contributed by atoms with E-state index in [1.54, 1.807) is 0 Å². The summed E-state index contributed by atoms with van der Waals surface area (Å²) >= 11 is 0. The van der Waals surface area contributed by atoms with E-state index < -0.39 is 17.2 Å². The molecule has 0 aliphatic rings. The van der Waals surface area contributed by atoms with Gasteiger partial charge in [0.25, 0.3) is 0 Å². The standard InChI is InChI=1S/2C21H21O3P/c2*1-16-10-4-7-13-19(16)22-25(23-20-14-8-5-11-17(20)2)24-21-15-9-6-12-18(21)3/h2*4-15H,1-3H3. The number of para-hydroxylation sites is 6. The molecule has 6 nitrogen and oxygen atoms in total. The Kier molecular flexibility index (Phi) is 13.1. The lowest BCUT2D eigenvalue weighted by Crippen LogP contribution is -2.04. The highest BCUT2D eigenvalue weighted by Gasteiger charge is 2.23. The molecule has 0 unspecified atom stereocenters. The average Bonchev–Trinajstić information content (AvgIpc) is 3.11. The van der Waals surface area contributed by atoms with E-state index in [0.717, 1.165) is 67.9 Å². The van der Waals surface area contributed by atoms with Crippen molar-refractivity contribution in [2.75, 3.05) is 0 Å². The Morgan fingerprint density at radius 2 is 0.380 bits per heavy atom. The van der Waals surface area contributed by atoms with Gasteiger partial charge in [-0.05, 0) is 111 Å². The molecule has 0 bridgehead atoms. The van der Waals surface area contributed by atoms with Gasteiger partial charge in [-0.3, -0.25) is 0 Å². The Labute approximate surface area is 298 Å². The van der Waals surface area contributed by atoms with Crippen LogP contribution in [-0.2, 0) is 0 Å². The second-order valence-electron chi connectivity index (χ2n) is 11.6. The molecule has 0 saturated heterocycles. The van der Waals surface area contributed by atoms with Crippen molar-refractivity contribution in [3.8, 4) is 34.5 Å². The van der Waals surface area contributed by atoms with Gasteiger partial charge in [0.05, 0.1) is 0 Å². The smallest absolute Gasteiger partial charge is 0.408 e. The fourth-order valence-electron chi connectivity index (χ4n) is 4.55. The van der Waals surface area contributed by atoms with Gasteiger partial charge in [-0.25, -0.2) is 0 Å². The highest BCUT2D eigenvalue weighted by atomic mass is 31.2. The molecular formula is C42H42O6P2. The lowest BCUT2D eigenvalue weighted by Gasteiger charge is -2.20. The van der Waals surface area contributed by atoms with Crippen LogP contribution in [0.1, 0.15) is 33.4 Å². The molecule has 256 valence electrons. The van der Waals surface area contributed by atoms with Crippen molar-refractivity contribution in [1.29, 1.82) is 0 Å². The van der Waals surface area contributed by atoms with Crippen molar-refractivity contribution < 1.29 is 27.1 Å². The maximum absolute atomic E-state index is 6.08. The van der Waals surface area contributed by atoms with E-state index in [1.165, 1.54) is 0 Å². The zero-order chi connectivity index (χ0) is 35.3. The molecule has 0 saturated carbocycles. The van der Waals surface area contributed by atoms with Crippen LogP contribution in [0, 0.1) is 41.5 Å². The number of aryl methyl sites for hydroxylation is 6. The Hall–Kier alpha value is -5.02. The molecule has 0 radical (unpaired) electrons. The average molecular weight is 705 g/mol. The molecule has 50 heavy (non-hydrogen) atoms. The molecule has 8 heteroatoms. The van der Waals surface area contributed by atoms with Gasteiger partial charge < -0.3 is 27.1 Å². The summed E-state index contributed by atoms with van der Waals surface area (Å²) in [6.45, 7) is 12.0. The van der Waals surface area contributed by atoms with Crippen LogP contribution in [0.3, 0.4) is 0 Å². The minimum absolute atomic E-state index is 0.760. The van der Waals surface area contributed by atoms with Crippen LogP contribution >= 0.6 is 17.2 Å². The number of rotatable bonds is 12. The summed E-state index contributed by atoms with van der Waals surface area (Å²) in [6.07, 6.45) is 0. The van der Waals surface area contributed by atoms with Crippen LogP contribution in [0.4, 0.5) is 0 Å². The Morgan fingerprint density at radius 3 is 0.520 bits per heavy atom. The number of benzene rings is 6. The predicted octanol–water partition coefficient (Wildman–Crippen LogP) is 12.8. The first-order valence-corrected chi connectivity index (χ1v) is 18.5. The first-order chi connectivity index (χ1) is 24.3. The van der Waals surface area contributed by atoms with Crippen molar-refractivity contribution in [2.24, 2.45) is 0 Å². The topological polar surface area (TPSA) is 55.4 Å². The third-order valence-electron chi connectivity index (χ3n) is 7.60. The maximum Gasteiger partial charge on any atom is 0.530 e. The van der Waals surface area contributed by atoms with Gasteiger partial charge in [0, 0.05) is 0 Å². The largest absolute Gasteiger partial charge is 0.530 e. The summed E-state index contributed by atoms with van der Waals surface area (Å²) in [7, 11) is -3.28. The molecule has 6 aromatic rings. The zero-order valence-electron chi connectivity index (χ0n) is 29.2. The van der Waals surface area contributed by atoms with Gasteiger partial charge in [-0.2, -0.15) is 0 Å². The van der Waals surface area contributed by atoms with Gasteiger partial charge in [-0.1, -0.05) is 109 Å². The van der Waals surface area contributed by atoms with E-state index in [-0.39, 0.29) is 0 Å². The van der Waals surface area contributed by atoms with Crippen molar-refractivity contribution in [3.05, 3.63) is 179 Å². The third-order valence-corrected chi connectivity index (χ3v) is 9.67. The molecule has 6 rings (SSSR count). The zero-order valence-corrected chi connectivity index (χ0v) is 31.0. The quantitative estimate of drug-likeness (QED) is 0.118. The van der Waals surface area contributed by atoms with Gasteiger partial charge in [0.1, 0.15) is 34.5 Å². The molecule has 0 heterocycles. The predicted molar refractivity (Wildman–Crippen MR) is 205 cm³/mol. The lowest BCUT2D eigenvalue weighted by molar-refractivity contribution is 0.384. The summed E-state index contributed by atoms with van der Waals surface area (Å²) in [5.74, 6) is 4.56. The molecule has 0 aliphatic heterocycles. The number of hydrogen-bond acceptors (Lipinski definition) is 6. The van der Waals surface area contributed by atoms with Crippen LogP contribution in [0.25, 0.3) is 0 Å². The maximum atomic E-state index is 6.08. The van der Waals surface area contributed by atoms with E-state index >= 15 is 0 Å². The van der Waals surface area contributed by atoms with Gasteiger partial charge in [-0.15, -0.1) is 0 Å². The second-order valence-corrected chi connectivity index (χ2v) is 13.6. The van der Waals surface area contributed by atoms with E-state index in [2.05, 4.69) is 0 Å². The SMILES string of the molecule is Cc1ccccc1OP(Oc1ccccc1C)Oc1ccccc1C.Cc1ccccc1OP(Oc1ccccc1C)Oc1ccccc1C. The fraction of sp³-hybridized carbons (Fsp3) is 0.143. The summed E-state index contributed by atoms with van der Waals surface area (Å²) in [5.41, 5.74) is 6.23. The van der Waals surface area contributed by atoms with E-state index in [1.807, 2.05) is 187 Å². The second kappa shape index (κ2) is 18.1. The van der Waals surface area contributed by atoms with Crippen LogP contribution in [0.15, 0.2) is 146 Å². The molecule has 0 aromatic heterocycles. The van der Waals surface area contributed by atoms with E-state index in [9.17, 15) is 0 Å². The summed E-state index contributed by atoms with van der Waals surface area (Å²) in [6, 6.07) is 47.1. The normalized spacial score (nSPS) is 10.6. The van der Waals surface area contributed by atoms with Crippen LogP contribution in [-0.4, -0.2) is 0 Å². The van der Waals surface area contributed by atoms with E-state index in [4.69, 9.17) is 27.1 Å². The van der Waals surface area contributed by atoms with Gasteiger partial charge in [0.15, 0.2) is 0 Å². The molecule has 0 aliphatic carbocycles. The lowest BCUT2D eigenvalue weighted by atomic mass is 10.2. The molecule has 0 fully saturated rings. The first-order valence-electron chi connectivity index (χ1n) is 16.3. The third kappa shape index (κ3) is 10.5. The van der Waals surface area contributed by atoms with Crippen LogP contribution < -0.4 is 27.1 Å². The van der Waals surface area contributed by atoms with Crippen LogP contribution in [0.5, 0.6) is 34.5 Å². The Bertz CT molecular complexity index is 1610. The molecular weight excluding hydrogens is 662 g/mol. The highest BCUT2D eigenvalue weighted by molar-refractivity contribution is 7.43. The minimum atomic E-state index is -1.64. The number of hydrogen-bond donors (Lipinski definition) is 0.